The number of nitriles is 1. The average Bonchev–Trinajstić information content (AvgIpc) is 2.24. The Bertz CT molecular complexity index is 450. The van der Waals surface area contributed by atoms with E-state index in [-0.39, 0.29) is 11.2 Å². The van der Waals surface area contributed by atoms with Gasteiger partial charge in [0.2, 0.25) is 0 Å². The van der Waals surface area contributed by atoms with E-state index >= 15 is 0 Å². The van der Waals surface area contributed by atoms with E-state index in [0.717, 1.165) is 5.46 Å². The molecule has 102 valence electrons. The predicted molar refractivity (Wildman–Crippen MR) is 78.2 cm³/mol. The SMILES string of the molecule is CC(C)(C)OB(OC(C)(C)C)c1ccccc1C#N. The van der Waals surface area contributed by atoms with Crippen LogP contribution in [0.25, 0.3) is 0 Å². The monoisotopic (exact) mass is 259 g/mol. The highest BCUT2D eigenvalue weighted by atomic mass is 16.6. The third-order valence-corrected chi connectivity index (χ3v) is 2.26. The summed E-state index contributed by atoms with van der Waals surface area (Å²) in [4.78, 5) is 0. The van der Waals surface area contributed by atoms with Gasteiger partial charge in [0.1, 0.15) is 0 Å². The van der Waals surface area contributed by atoms with Crippen LogP contribution in [0, 0.1) is 11.3 Å². The summed E-state index contributed by atoms with van der Waals surface area (Å²) in [5, 5.41) is 9.20. The van der Waals surface area contributed by atoms with E-state index in [1.165, 1.54) is 0 Å². The maximum atomic E-state index is 9.20. The van der Waals surface area contributed by atoms with E-state index < -0.39 is 7.12 Å². The van der Waals surface area contributed by atoms with Crippen molar-refractivity contribution in [1.82, 2.24) is 0 Å². The van der Waals surface area contributed by atoms with Gasteiger partial charge in [-0.1, -0.05) is 18.2 Å². The second kappa shape index (κ2) is 5.77. The molecule has 0 radical (unpaired) electrons. The summed E-state index contributed by atoms with van der Waals surface area (Å²) >= 11 is 0. The molecule has 0 N–H and O–H groups in total. The largest absolute Gasteiger partial charge is 0.495 e. The summed E-state index contributed by atoms with van der Waals surface area (Å²) in [6.45, 7) is 11.8. The number of rotatable bonds is 3. The van der Waals surface area contributed by atoms with Gasteiger partial charge in [-0.15, -0.1) is 0 Å². The van der Waals surface area contributed by atoms with Crippen LogP contribution in [0.15, 0.2) is 24.3 Å². The third kappa shape index (κ3) is 5.46. The van der Waals surface area contributed by atoms with Gasteiger partial charge in [0.15, 0.2) is 0 Å². The summed E-state index contributed by atoms with van der Waals surface area (Å²) in [5.74, 6) is 0. The van der Waals surface area contributed by atoms with Gasteiger partial charge in [0.25, 0.3) is 0 Å². The van der Waals surface area contributed by atoms with E-state index in [2.05, 4.69) is 6.07 Å². The summed E-state index contributed by atoms with van der Waals surface area (Å²) in [6.07, 6.45) is 0. The van der Waals surface area contributed by atoms with E-state index in [9.17, 15) is 5.26 Å². The lowest BCUT2D eigenvalue weighted by atomic mass is 9.74. The van der Waals surface area contributed by atoms with Crippen LogP contribution >= 0.6 is 0 Å². The molecule has 0 aliphatic carbocycles. The van der Waals surface area contributed by atoms with Crippen molar-refractivity contribution in [3.63, 3.8) is 0 Å². The second-order valence-corrected chi connectivity index (χ2v) is 6.49. The van der Waals surface area contributed by atoms with Crippen molar-refractivity contribution in [3.8, 4) is 6.07 Å². The number of hydrogen-bond acceptors (Lipinski definition) is 3. The van der Waals surface area contributed by atoms with Crippen molar-refractivity contribution in [2.75, 3.05) is 0 Å². The summed E-state index contributed by atoms with van der Waals surface area (Å²) in [6, 6.07) is 9.57. The normalized spacial score (nSPS) is 12.1. The fourth-order valence-electron chi connectivity index (χ4n) is 1.60. The highest BCUT2D eigenvalue weighted by Gasteiger charge is 2.33. The van der Waals surface area contributed by atoms with Crippen LogP contribution in [-0.2, 0) is 9.31 Å². The van der Waals surface area contributed by atoms with E-state index in [1.807, 2.05) is 59.7 Å². The van der Waals surface area contributed by atoms with Crippen molar-refractivity contribution in [1.29, 1.82) is 5.26 Å². The zero-order valence-corrected chi connectivity index (χ0v) is 12.7. The molecule has 0 aliphatic heterocycles. The minimum atomic E-state index is -0.546. The number of nitrogens with zero attached hydrogens (tertiary/aromatic N) is 1. The lowest BCUT2D eigenvalue weighted by Crippen LogP contribution is -2.47. The predicted octanol–water partition coefficient (Wildman–Crippen LogP) is 2.88. The quantitative estimate of drug-likeness (QED) is 0.784. The molecule has 0 amide bonds. The van der Waals surface area contributed by atoms with Gasteiger partial charge in [0.05, 0.1) is 11.6 Å². The van der Waals surface area contributed by atoms with E-state index in [0.29, 0.717) is 5.56 Å². The smallest absolute Gasteiger partial charge is 0.403 e. The number of benzene rings is 1. The molecule has 0 saturated carbocycles. The molecule has 4 heteroatoms. The molecule has 1 rings (SSSR count). The molecule has 1 aromatic rings. The highest BCUT2D eigenvalue weighted by molar-refractivity contribution is 6.62. The minimum absolute atomic E-state index is 0.349. The van der Waals surface area contributed by atoms with Gasteiger partial charge in [-0.25, -0.2) is 0 Å². The van der Waals surface area contributed by atoms with E-state index in [1.54, 1.807) is 6.07 Å². The van der Waals surface area contributed by atoms with Crippen molar-refractivity contribution in [3.05, 3.63) is 29.8 Å². The second-order valence-electron chi connectivity index (χ2n) is 6.49. The van der Waals surface area contributed by atoms with Crippen LogP contribution in [0.1, 0.15) is 47.1 Å². The third-order valence-electron chi connectivity index (χ3n) is 2.26. The lowest BCUT2D eigenvalue weighted by Gasteiger charge is -2.31. The molecule has 1 aromatic carbocycles. The Morgan fingerprint density at radius 1 is 0.947 bits per heavy atom. The molecule has 0 aromatic heterocycles. The van der Waals surface area contributed by atoms with Crippen LogP contribution < -0.4 is 5.46 Å². The van der Waals surface area contributed by atoms with Crippen LogP contribution in [0.3, 0.4) is 0 Å². The molecule has 0 atom stereocenters. The lowest BCUT2D eigenvalue weighted by molar-refractivity contribution is 0.0408. The van der Waals surface area contributed by atoms with Crippen LogP contribution in [-0.4, -0.2) is 18.3 Å². The Kier molecular flexibility index (Phi) is 4.78. The molecule has 19 heavy (non-hydrogen) atoms. The zero-order chi connectivity index (χ0) is 14.7. The van der Waals surface area contributed by atoms with Gasteiger partial charge in [0, 0.05) is 16.7 Å². The Morgan fingerprint density at radius 2 is 1.42 bits per heavy atom. The summed E-state index contributed by atoms with van der Waals surface area (Å²) in [5.41, 5.74) is 0.660. The minimum Gasteiger partial charge on any atom is -0.403 e. The highest BCUT2D eigenvalue weighted by Crippen LogP contribution is 2.16. The Balaban J connectivity index is 3.12. The first-order valence-corrected chi connectivity index (χ1v) is 6.47. The van der Waals surface area contributed by atoms with Crippen molar-refractivity contribution in [2.24, 2.45) is 0 Å². The van der Waals surface area contributed by atoms with Crippen molar-refractivity contribution < 1.29 is 9.31 Å². The Hall–Kier alpha value is -1.31. The molecule has 0 unspecified atom stereocenters. The van der Waals surface area contributed by atoms with Gasteiger partial charge in [-0.3, -0.25) is 0 Å². The van der Waals surface area contributed by atoms with Crippen molar-refractivity contribution in [2.45, 2.75) is 52.7 Å². The molecule has 0 aliphatic rings. The van der Waals surface area contributed by atoms with Gasteiger partial charge in [-0.05, 0) is 47.6 Å². The van der Waals surface area contributed by atoms with Crippen LogP contribution in [0.5, 0.6) is 0 Å². The molecule has 0 heterocycles. The average molecular weight is 259 g/mol. The molecular weight excluding hydrogens is 237 g/mol. The fraction of sp³-hybridized carbons (Fsp3) is 0.533. The maximum Gasteiger partial charge on any atom is 0.495 e. The summed E-state index contributed by atoms with van der Waals surface area (Å²) in [7, 11) is -0.546. The standard InChI is InChI=1S/C15H22BNO2/c1-14(2,3)18-16(19-15(4,5)6)13-10-8-7-9-12(13)11-17/h7-10H,1-6H3. The zero-order valence-electron chi connectivity index (χ0n) is 12.7. The first-order chi connectivity index (χ1) is 8.62. The Morgan fingerprint density at radius 3 is 1.84 bits per heavy atom. The van der Waals surface area contributed by atoms with Crippen molar-refractivity contribution >= 4 is 12.6 Å². The van der Waals surface area contributed by atoms with Gasteiger partial charge < -0.3 is 9.31 Å². The first kappa shape index (κ1) is 15.8. The van der Waals surface area contributed by atoms with Crippen LogP contribution in [0.2, 0.25) is 0 Å². The van der Waals surface area contributed by atoms with Gasteiger partial charge >= 0.3 is 7.12 Å². The molecular formula is C15H22BNO2. The molecule has 0 spiro atoms. The van der Waals surface area contributed by atoms with Crippen LogP contribution in [0.4, 0.5) is 0 Å². The topological polar surface area (TPSA) is 42.2 Å². The van der Waals surface area contributed by atoms with Gasteiger partial charge in [-0.2, -0.15) is 5.26 Å². The van der Waals surface area contributed by atoms with E-state index in [4.69, 9.17) is 9.31 Å². The molecule has 0 fully saturated rings. The Labute approximate surface area is 116 Å². The summed E-state index contributed by atoms with van der Waals surface area (Å²) < 4.78 is 11.9. The molecule has 3 nitrogen and oxygen atoms in total. The first-order valence-electron chi connectivity index (χ1n) is 6.47. The maximum absolute atomic E-state index is 9.20. The number of hydrogen-bond donors (Lipinski definition) is 0. The fourth-order valence-corrected chi connectivity index (χ4v) is 1.60. The molecule has 0 saturated heterocycles. The molecule has 0 bridgehead atoms.